The van der Waals surface area contributed by atoms with Crippen molar-refractivity contribution < 1.29 is 4.74 Å². The normalized spacial score (nSPS) is 19.6. The molecule has 1 N–H and O–H groups in total. The van der Waals surface area contributed by atoms with Crippen molar-refractivity contribution in [3.05, 3.63) is 18.0 Å². The predicted octanol–water partition coefficient (Wildman–Crippen LogP) is 0.523. The van der Waals surface area contributed by atoms with Gasteiger partial charge >= 0.3 is 0 Å². The monoisotopic (exact) mass is 124 g/mol. The number of H-pyrrole nitrogens is 1. The zero-order valence-corrected chi connectivity index (χ0v) is 5.00. The summed E-state index contributed by atoms with van der Waals surface area (Å²) in [5.41, 5.74) is 1.13. The van der Waals surface area contributed by atoms with Crippen LogP contribution in [0.4, 0.5) is 0 Å². The van der Waals surface area contributed by atoms with Crippen LogP contribution in [0.5, 0.6) is 0 Å². The van der Waals surface area contributed by atoms with Gasteiger partial charge in [0.2, 0.25) is 0 Å². The van der Waals surface area contributed by atoms with Crippen molar-refractivity contribution in [2.24, 2.45) is 0 Å². The highest BCUT2D eigenvalue weighted by molar-refractivity contribution is 5.07. The quantitative estimate of drug-likeness (QED) is 0.592. The summed E-state index contributed by atoms with van der Waals surface area (Å²) < 4.78 is 5.00. The summed E-state index contributed by atoms with van der Waals surface area (Å²) in [5, 5.41) is 6.81. The van der Waals surface area contributed by atoms with Gasteiger partial charge < -0.3 is 4.74 Å². The van der Waals surface area contributed by atoms with Gasteiger partial charge in [0.25, 0.3) is 0 Å². The van der Waals surface area contributed by atoms with Crippen LogP contribution in [0.3, 0.4) is 0 Å². The summed E-state index contributed by atoms with van der Waals surface area (Å²) in [7, 11) is 0. The van der Waals surface area contributed by atoms with Gasteiger partial charge in [0.1, 0.15) is 0 Å². The van der Waals surface area contributed by atoms with Crippen LogP contribution < -0.4 is 0 Å². The lowest BCUT2D eigenvalue weighted by molar-refractivity contribution is 0.00669. The molecule has 0 amide bonds. The summed E-state index contributed by atoms with van der Waals surface area (Å²) in [6, 6.07) is 1.99. The molecule has 0 saturated carbocycles. The molecule has 1 fully saturated rings. The van der Waals surface area contributed by atoms with Crippen molar-refractivity contribution >= 4 is 0 Å². The average Bonchev–Trinajstić information content (AvgIpc) is 2.11. The van der Waals surface area contributed by atoms with Crippen LogP contribution in [0.25, 0.3) is 0 Å². The molecule has 1 aliphatic rings. The van der Waals surface area contributed by atoms with E-state index in [4.69, 9.17) is 4.74 Å². The molecule has 0 aliphatic carbocycles. The third-order valence-corrected chi connectivity index (χ3v) is 1.58. The lowest BCUT2D eigenvalue weighted by Crippen LogP contribution is -2.25. The Morgan fingerprint density at radius 2 is 2.56 bits per heavy atom. The molecule has 0 unspecified atom stereocenters. The van der Waals surface area contributed by atoms with E-state index in [1.165, 1.54) is 0 Å². The van der Waals surface area contributed by atoms with Crippen molar-refractivity contribution in [1.29, 1.82) is 0 Å². The Hall–Kier alpha value is -0.830. The van der Waals surface area contributed by atoms with E-state index in [2.05, 4.69) is 10.2 Å². The first kappa shape index (κ1) is 4.99. The number of rotatable bonds is 1. The number of aromatic amines is 1. The van der Waals surface area contributed by atoms with Crippen LogP contribution in [0.2, 0.25) is 0 Å². The summed E-state index contributed by atoms with van der Waals surface area (Å²) >= 11 is 0. The number of hydrogen-bond acceptors (Lipinski definition) is 2. The van der Waals surface area contributed by atoms with E-state index in [0.29, 0.717) is 5.92 Å². The Morgan fingerprint density at radius 1 is 1.67 bits per heavy atom. The zero-order chi connectivity index (χ0) is 6.10. The van der Waals surface area contributed by atoms with Crippen molar-refractivity contribution in [2.45, 2.75) is 5.92 Å². The second-order valence-electron chi connectivity index (χ2n) is 2.23. The number of aromatic nitrogens is 2. The molecule has 3 heteroatoms. The summed E-state index contributed by atoms with van der Waals surface area (Å²) in [6.07, 6.45) is 1.84. The number of nitrogens with one attached hydrogen (secondary N) is 1. The molecule has 48 valence electrons. The Balaban J connectivity index is 2.14. The maximum Gasteiger partial charge on any atom is 0.0699 e. The van der Waals surface area contributed by atoms with Crippen LogP contribution >= 0.6 is 0 Å². The van der Waals surface area contributed by atoms with Crippen LogP contribution in [-0.2, 0) is 4.74 Å². The van der Waals surface area contributed by atoms with Gasteiger partial charge in [0.05, 0.1) is 18.9 Å². The third kappa shape index (κ3) is 0.733. The van der Waals surface area contributed by atoms with Gasteiger partial charge in [-0.1, -0.05) is 0 Å². The average molecular weight is 124 g/mol. The van der Waals surface area contributed by atoms with Crippen molar-refractivity contribution in [3.8, 4) is 0 Å². The molecule has 2 rings (SSSR count). The summed E-state index contributed by atoms with van der Waals surface area (Å²) in [4.78, 5) is 0. The topological polar surface area (TPSA) is 37.9 Å². The molecular formula is C6H8N2O. The Morgan fingerprint density at radius 3 is 3.00 bits per heavy atom. The van der Waals surface area contributed by atoms with E-state index < -0.39 is 0 Å². The van der Waals surface area contributed by atoms with Crippen LogP contribution in [0.1, 0.15) is 11.6 Å². The molecule has 0 bridgehead atoms. The molecule has 0 atom stereocenters. The minimum absolute atomic E-state index is 0.552. The fourth-order valence-electron chi connectivity index (χ4n) is 0.906. The molecule has 0 aromatic carbocycles. The Bertz CT molecular complexity index is 179. The van der Waals surface area contributed by atoms with E-state index in [1.54, 1.807) is 0 Å². The highest BCUT2D eigenvalue weighted by atomic mass is 16.5. The highest BCUT2D eigenvalue weighted by Gasteiger charge is 2.21. The lowest BCUT2D eigenvalue weighted by atomic mass is 10.1. The van der Waals surface area contributed by atoms with Crippen molar-refractivity contribution in [3.63, 3.8) is 0 Å². The maximum atomic E-state index is 5.00. The van der Waals surface area contributed by atoms with E-state index in [1.807, 2.05) is 12.3 Å². The van der Waals surface area contributed by atoms with Gasteiger partial charge in [-0.05, 0) is 6.07 Å². The molecule has 1 aliphatic heterocycles. The van der Waals surface area contributed by atoms with Gasteiger partial charge in [0.15, 0.2) is 0 Å². The highest BCUT2D eigenvalue weighted by Crippen LogP contribution is 2.20. The number of ether oxygens (including phenoxy) is 1. The van der Waals surface area contributed by atoms with Gasteiger partial charge in [-0.25, -0.2) is 0 Å². The smallest absolute Gasteiger partial charge is 0.0699 e. The van der Waals surface area contributed by atoms with Crippen LogP contribution in [0, 0.1) is 0 Å². The summed E-state index contributed by atoms with van der Waals surface area (Å²) in [5.74, 6) is 0.552. The second kappa shape index (κ2) is 1.84. The van der Waals surface area contributed by atoms with E-state index in [0.717, 1.165) is 18.9 Å². The van der Waals surface area contributed by atoms with Crippen LogP contribution in [-0.4, -0.2) is 23.4 Å². The van der Waals surface area contributed by atoms with Gasteiger partial charge in [-0.15, -0.1) is 0 Å². The first-order valence-corrected chi connectivity index (χ1v) is 3.04. The van der Waals surface area contributed by atoms with E-state index in [-0.39, 0.29) is 0 Å². The van der Waals surface area contributed by atoms with E-state index >= 15 is 0 Å². The van der Waals surface area contributed by atoms with Gasteiger partial charge in [-0.2, -0.15) is 5.10 Å². The molecule has 0 radical (unpaired) electrons. The number of nitrogens with zero attached hydrogens (tertiary/aromatic N) is 1. The molecule has 3 nitrogen and oxygen atoms in total. The maximum absolute atomic E-state index is 5.00. The number of hydrogen-bond donors (Lipinski definition) is 1. The molecule has 1 saturated heterocycles. The second-order valence-corrected chi connectivity index (χ2v) is 2.23. The summed E-state index contributed by atoms with van der Waals surface area (Å²) in [6.45, 7) is 1.68. The fourth-order valence-corrected chi connectivity index (χ4v) is 0.906. The first-order valence-electron chi connectivity index (χ1n) is 3.04. The van der Waals surface area contributed by atoms with Crippen molar-refractivity contribution in [1.82, 2.24) is 10.2 Å². The van der Waals surface area contributed by atoms with Gasteiger partial charge in [-0.3, -0.25) is 5.10 Å². The van der Waals surface area contributed by atoms with E-state index in [9.17, 15) is 0 Å². The Kier molecular flexibility index (Phi) is 1.02. The van der Waals surface area contributed by atoms with Crippen molar-refractivity contribution in [2.75, 3.05) is 13.2 Å². The Labute approximate surface area is 53.0 Å². The molecule has 1 aromatic heterocycles. The third-order valence-electron chi connectivity index (χ3n) is 1.58. The fraction of sp³-hybridized carbons (Fsp3) is 0.500. The molecule has 1 aromatic rings. The predicted molar refractivity (Wildman–Crippen MR) is 32.1 cm³/mol. The zero-order valence-electron chi connectivity index (χ0n) is 5.00. The first-order chi connectivity index (χ1) is 4.47. The molecule has 0 spiro atoms. The molecular weight excluding hydrogens is 116 g/mol. The minimum Gasteiger partial charge on any atom is -0.380 e. The lowest BCUT2D eigenvalue weighted by Gasteiger charge is -2.23. The van der Waals surface area contributed by atoms with Gasteiger partial charge in [0, 0.05) is 12.1 Å². The molecule has 2 heterocycles. The SMILES string of the molecule is c1cc(C2COC2)n[nH]1. The minimum atomic E-state index is 0.552. The largest absolute Gasteiger partial charge is 0.380 e. The molecule has 9 heavy (non-hydrogen) atoms. The standard InChI is InChI=1S/C6H8N2O/c1-2-7-8-6(1)5-3-9-4-5/h1-2,5H,3-4H2,(H,7,8). The van der Waals surface area contributed by atoms with Crippen LogP contribution in [0.15, 0.2) is 12.3 Å².